The Labute approximate surface area is 162 Å². The van der Waals surface area contributed by atoms with Gasteiger partial charge in [0.15, 0.2) is 0 Å². The van der Waals surface area contributed by atoms with Gasteiger partial charge < -0.3 is 10.4 Å². The predicted octanol–water partition coefficient (Wildman–Crippen LogP) is 5.67. The smallest absolute Gasteiger partial charge is 0.336 e. The van der Waals surface area contributed by atoms with Crippen molar-refractivity contribution in [2.24, 2.45) is 10.2 Å². The fourth-order valence-corrected chi connectivity index (χ4v) is 2.69. The summed E-state index contributed by atoms with van der Waals surface area (Å²) in [4.78, 5) is 23.8. The van der Waals surface area contributed by atoms with Crippen molar-refractivity contribution < 1.29 is 14.7 Å². The number of amides is 1. The molecule has 2 N–H and O–H groups in total. The molecule has 6 nitrogen and oxygen atoms in total. The van der Waals surface area contributed by atoms with Crippen LogP contribution in [0.3, 0.4) is 0 Å². The number of benzene rings is 3. The Bertz CT molecular complexity index is 1070. The summed E-state index contributed by atoms with van der Waals surface area (Å²) in [6.07, 6.45) is 0. The number of nitrogens with one attached hydrogen (secondary N) is 1. The van der Waals surface area contributed by atoms with Gasteiger partial charge >= 0.3 is 5.97 Å². The Morgan fingerprint density at radius 3 is 2.18 bits per heavy atom. The third kappa shape index (κ3) is 4.29. The lowest BCUT2D eigenvalue weighted by Gasteiger charge is -2.10. The van der Waals surface area contributed by atoms with Crippen LogP contribution in [0.25, 0.3) is 0 Å². The molecule has 0 saturated carbocycles. The topological polar surface area (TPSA) is 91.1 Å². The number of carbonyl (C=O) groups excluding carboxylic acids is 1. The summed E-state index contributed by atoms with van der Waals surface area (Å²) < 4.78 is 0. The second-order valence-corrected chi connectivity index (χ2v) is 6.29. The van der Waals surface area contributed by atoms with E-state index in [0.29, 0.717) is 11.4 Å². The van der Waals surface area contributed by atoms with Gasteiger partial charge in [-0.25, -0.2) is 4.79 Å². The van der Waals surface area contributed by atoms with Crippen LogP contribution in [-0.4, -0.2) is 17.0 Å². The predicted molar refractivity (Wildman–Crippen MR) is 108 cm³/mol. The summed E-state index contributed by atoms with van der Waals surface area (Å²) in [5.74, 6) is -1.62. The van der Waals surface area contributed by atoms with Crippen LogP contribution >= 0.6 is 0 Å². The molecule has 140 valence electrons. The van der Waals surface area contributed by atoms with E-state index in [1.165, 1.54) is 12.1 Å². The Kier molecular flexibility index (Phi) is 5.60. The molecule has 0 bridgehead atoms. The summed E-state index contributed by atoms with van der Waals surface area (Å²) in [6, 6.07) is 19.1. The van der Waals surface area contributed by atoms with E-state index in [0.717, 1.165) is 16.8 Å². The number of carbonyl (C=O) groups is 2. The van der Waals surface area contributed by atoms with Crippen LogP contribution in [0.15, 0.2) is 77.0 Å². The molecule has 3 rings (SSSR count). The molecular weight excluding hydrogens is 354 g/mol. The van der Waals surface area contributed by atoms with Crippen molar-refractivity contribution in [3.63, 3.8) is 0 Å². The number of nitrogens with zero attached hydrogens (tertiary/aromatic N) is 2. The van der Waals surface area contributed by atoms with Crippen LogP contribution in [-0.2, 0) is 0 Å². The number of carboxylic acid groups (broad SMARTS) is 1. The first kappa shape index (κ1) is 19.0. The largest absolute Gasteiger partial charge is 0.478 e. The molecule has 6 heteroatoms. The summed E-state index contributed by atoms with van der Waals surface area (Å²) in [7, 11) is 0. The first-order chi connectivity index (χ1) is 13.5. The summed E-state index contributed by atoms with van der Waals surface area (Å²) in [6.45, 7) is 3.80. The normalized spacial score (nSPS) is 10.8. The van der Waals surface area contributed by atoms with Crippen LogP contribution in [0.2, 0.25) is 0 Å². The highest BCUT2D eigenvalue weighted by molar-refractivity contribution is 6.10. The minimum absolute atomic E-state index is 0.0405. The number of anilines is 1. The van der Waals surface area contributed by atoms with E-state index in [1.807, 2.05) is 38.1 Å². The van der Waals surface area contributed by atoms with Gasteiger partial charge in [-0.1, -0.05) is 30.3 Å². The number of hydrogen-bond acceptors (Lipinski definition) is 4. The molecule has 0 saturated heterocycles. The third-order valence-corrected chi connectivity index (χ3v) is 4.25. The van der Waals surface area contributed by atoms with Crippen molar-refractivity contribution in [1.82, 2.24) is 0 Å². The molecule has 0 spiro atoms. The Morgan fingerprint density at radius 1 is 0.821 bits per heavy atom. The molecule has 0 fully saturated rings. The van der Waals surface area contributed by atoms with E-state index in [1.54, 1.807) is 30.3 Å². The zero-order chi connectivity index (χ0) is 20.1. The standard InChI is InChI=1S/C22H19N3O3/c1-14-7-3-6-10-20(14)25-24-16-11-12-19(15(2)13-16)23-21(26)17-8-4-5-9-18(17)22(27)28/h3-13H,1-2H3,(H,23,26)(H,27,28). The average Bonchev–Trinajstić information content (AvgIpc) is 2.69. The first-order valence-corrected chi connectivity index (χ1v) is 8.67. The van der Waals surface area contributed by atoms with Crippen LogP contribution in [0.1, 0.15) is 31.8 Å². The summed E-state index contributed by atoms with van der Waals surface area (Å²) >= 11 is 0. The highest BCUT2D eigenvalue weighted by Crippen LogP contribution is 2.25. The monoisotopic (exact) mass is 373 g/mol. The maximum absolute atomic E-state index is 12.5. The van der Waals surface area contributed by atoms with E-state index < -0.39 is 11.9 Å². The molecule has 3 aromatic carbocycles. The van der Waals surface area contributed by atoms with Crippen molar-refractivity contribution >= 4 is 28.9 Å². The molecule has 1 amide bonds. The number of azo groups is 1. The van der Waals surface area contributed by atoms with Crippen molar-refractivity contribution in [3.05, 3.63) is 89.0 Å². The van der Waals surface area contributed by atoms with Crippen LogP contribution < -0.4 is 5.32 Å². The molecule has 0 aliphatic heterocycles. The van der Waals surface area contributed by atoms with Crippen LogP contribution in [0.5, 0.6) is 0 Å². The highest BCUT2D eigenvalue weighted by Gasteiger charge is 2.16. The Balaban J connectivity index is 1.79. The van der Waals surface area contributed by atoms with Gasteiger partial charge in [0.1, 0.15) is 0 Å². The van der Waals surface area contributed by atoms with Crippen molar-refractivity contribution in [2.45, 2.75) is 13.8 Å². The molecule has 0 aromatic heterocycles. The highest BCUT2D eigenvalue weighted by atomic mass is 16.4. The second-order valence-electron chi connectivity index (χ2n) is 6.29. The average molecular weight is 373 g/mol. The van der Waals surface area contributed by atoms with Gasteiger partial charge in [0, 0.05) is 5.69 Å². The van der Waals surface area contributed by atoms with E-state index in [2.05, 4.69) is 15.5 Å². The number of rotatable bonds is 5. The van der Waals surface area contributed by atoms with Gasteiger partial charge in [-0.05, 0) is 61.4 Å². The molecular formula is C22H19N3O3. The van der Waals surface area contributed by atoms with E-state index in [9.17, 15) is 14.7 Å². The fraction of sp³-hybridized carbons (Fsp3) is 0.0909. The summed E-state index contributed by atoms with van der Waals surface area (Å²) in [5.41, 5.74) is 3.93. The van der Waals surface area contributed by atoms with E-state index in [-0.39, 0.29) is 11.1 Å². The van der Waals surface area contributed by atoms with Crippen LogP contribution in [0, 0.1) is 13.8 Å². The molecule has 0 heterocycles. The lowest BCUT2D eigenvalue weighted by molar-refractivity contribution is 0.0692. The minimum Gasteiger partial charge on any atom is -0.478 e. The molecule has 3 aromatic rings. The number of carboxylic acids is 1. The molecule has 0 atom stereocenters. The second kappa shape index (κ2) is 8.26. The molecule has 28 heavy (non-hydrogen) atoms. The molecule has 0 aliphatic rings. The quantitative estimate of drug-likeness (QED) is 0.565. The van der Waals surface area contributed by atoms with Gasteiger partial charge in [0.2, 0.25) is 0 Å². The van der Waals surface area contributed by atoms with Crippen molar-refractivity contribution in [1.29, 1.82) is 0 Å². The van der Waals surface area contributed by atoms with Crippen molar-refractivity contribution in [2.75, 3.05) is 5.32 Å². The lowest BCUT2D eigenvalue weighted by atomic mass is 10.1. The maximum Gasteiger partial charge on any atom is 0.336 e. The number of hydrogen-bond donors (Lipinski definition) is 2. The van der Waals surface area contributed by atoms with Crippen LogP contribution in [0.4, 0.5) is 17.1 Å². The van der Waals surface area contributed by atoms with Gasteiger partial charge in [-0.3, -0.25) is 4.79 Å². The third-order valence-electron chi connectivity index (χ3n) is 4.25. The zero-order valence-corrected chi connectivity index (χ0v) is 15.5. The maximum atomic E-state index is 12.5. The summed E-state index contributed by atoms with van der Waals surface area (Å²) in [5, 5.41) is 20.5. The first-order valence-electron chi connectivity index (χ1n) is 8.67. The molecule has 0 radical (unpaired) electrons. The van der Waals surface area contributed by atoms with E-state index >= 15 is 0 Å². The van der Waals surface area contributed by atoms with Gasteiger partial charge in [0.05, 0.1) is 22.5 Å². The number of aromatic carboxylic acids is 1. The Morgan fingerprint density at radius 2 is 1.50 bits per heavy atom. The fourth-order valence-electron chi connectivity index (χ4n) is 2.69. The number of aryl methyl sites for hydroxylation is 2. The SMILES string of the molecule is Cc1ccccc1N=Nc1ccc(NC(=O)c2ccccc2C(=O)O)c(C)c1. The molecule has 0 aliphatic carbocycles. The zero-order valence-electron chi connectivity index (χ0n) is 15.5. The lowest BCUT2D eigenvalue weighted by Crippen LogP contribution is -2.16. The molecule has 0 unspecified atom stereocenters. The van der Waals surface area contributed by atoms with Gasteiger partial charge in [0.25, 0.3) is 5.91 Å². The van der Waals surface area contributed by atoms with Crippen molar-refractivity contribution in [3.8, 4) is 0 Å². The minimum atomic E-state index is -1.14. The van der Waals surface area contributed by atoms with Gasteiger partial charge in [-0.2, -0.15) is 10.2 Å². The Hall–Kier alpha value is -3.80. The van der Waals surface area contributed by atoms with E-state index in [4.69, 9.17) is 0 Å². The van der Waals surface area contributed by atoms with Gasteiger partial charge in [-0.15, -0.1) is 0 Å².